The number of benzene rings is 2. The summed E-state index contributed by atoms with van der Waals surface area (Å²) < 4.78 is 15.1. The molecule has 0 spiro atoms. The summed E-state index contributed by atoms with van der Waals surface area (Å²) >= 11 is 0. The molecule has 34 heavy (non-hydrogen) atoms. The molecule has 0 bridgehead atoms. The maximum absolute atomic E-state index is 15.1. The van der Waals surface area contributed by atoms with E-state index in [4.69, 9.17) is 0 Å². The third-order valence-corrected chi connectivity index (χ3v) is 9.54. The zero-order valence-electron chi connectivity index (χ0n) is 21.4. The lowest BCUT2D eigenvalue weighted by atomic mass is 9.77. The number of hydrogen-bond acceptors (Lipinski definition) is 0. The molecule has 1 unspecified atom stereocenters. The first-order chi connectivity index (χ1) is 16.6. The highest BCUT2D eigenvalue weighted by molar-refractivity contribution is 5.67. The van der Waals surface area contributed by atoms with Crippen LogP contribution in [-0.2, 0) is 0 Å². The molecule has 1 heteroatoms. The van der Waals surface area contributed by atoms with E-state index in [1.165, 1.54) is 74.5 Å². The van der Waals surface area contributed by atoms with E-state index in [0.717, 1.165) is 42.6 Å². The summed E-state index contributed by atoms with van der Waals surface area (Å²) in [5.41, 5.74) is 6.26. The van der Waals surface area contributed by atoms with E-state index in [9.17, 15) is 0 Å². The normalized spacial score (nSPS) is 30.1. The first kappa shape index (κ1) is 23.8. The lowest BCUT2D eigenvalue weighted by Gasteiger charge is -2.29. The maximum atomic E-state index is 15.1. The van der Waals surface area contributed by atoms with Crippen molar-refractivity contribution in [3.8, 4) is 0 Å². The van der Waals surface area contributed by atoms with E-state index in [0.29, 0.717) is 11.8 Å². The van der Waals surface area contributed by atoms with Crippen molar-refractivity contribution < 1.29 is 4.39 Å². The van der Waals surface area contributed by atoms with E-state index in [2.05, 4.69) is 56.3 Å². The number of halogens is 1. The Kier molecular flexibility index (Phi) is 7.57. The molecule has 2 fully saturated rings. The first-order valence-electron chi connectivity index (χ1n) is 14.2. The zero-order valence-corrected chi connectivity index (χ0v) is 21.4. The number of hydrogen-bond donors (Lipinski definition) is 0. The van der Waals surface area contributed by atoms with Crippen LogP contribution in [0.3, 0.4) is 0 Å². The Bertz CT molecular complexity index is 968. The van der Waals surface area contributed by atoms with Gasteiger partial charge in [-0.15, -0.1) is 0 Å². The average molecular weight is 459 g/mol. The monoisotopic (exact) mass is 458 g/mol. The second-order valence-electron chi connectivity index (χ2n) is 11.7. The first-order valence-corrected chi connectivity index (χ1v) is 14.2. The largest absolute Gasteiger partial charge is 0.206 e. The third kappa shape index (κ3) is 5.34. The van der Waals surface area contributed by atoms with Crippen LogP contribution in [0.2, 0.25) is 0 Å². The van der Waals surface area contributed by atoms with Crippen LogP contribution in [0.15, 0.2) is 48.5 Å². The molecular weight excluding hydrogens is 415 g/mol. The Balaban J connectivity index is 1.20. The molecule has 0 nitrogen and oxygen atoms in total. The van der Waals surface area contributed by atoms with Crippen LogP contribution < -0.4 is 0 Å². The van der Waals surface area contributed by atoms with Gasteiger partial charge < -0.3 is 0 Å². The smallest absolute Gasteiger partial charge is 0.130 e. The fourth-order valence-corrected chi connectivity index (χ4v) is 6.97. The molecule has 0 saturated heterocycles. The Morgan fingerprint density at radius 1 is 0.706 bits per heavy atom. The van der Waals surface area contributed by atoms with E-state index in [1.54, 1.807) is 5.56 Å². The van der Waals surface area contributed by atoms with Gasteiger partial charge in [-0.25, -0.2) is 4.39 Å². The molecule has 0 aliphatic heterocycles. The Hall–Kier alpha value is -1.89. The fraction of sp³-hybridized carbons (Fsp3) is 0.576. The molecule has 0 N–H and O–H groups in total. The van der Waals surface area contributed by atoms with Gasteiger partial charge in [0.05, 0.1) is 0 Å². The molecule has 0 radical (unpaired) electrons. The molecule has 0 heterocycles. The second kappa shape index (κ2) is 10.8. The lowest BCUT2D eigenvalue weighted by Crippen LogP contribution is -2.12. The van der Waals surface area contributed by atoms with Gasteiger partial charge in [-0.3, -0.25) is 0 Å². The van der Waals surface area contributed by atoms with Gasteiger partial charge >= 0.3 is 0 Å². The van der Waals surface area contributed by atoms with Gasteiger partial charge in [0.25, 0.3) is 0 Å². The molecule has 3 aliphatic rings. The topological polar surface area (TPSA) is 0 Å². The van der Waals surface area contributed by atoms with Crippen LogP contribution >= 0.6 is 0 Å². The number of allylic oxidation sites excluding steroid dienone is 2. The molecule has 2 aromatic rings. The van der Waals surface area contributed by atoms with Crippen molar-refractivity contribution in [1.82, 2.24) is 0 Å². The van der Waals surface area contributed by atoms with E-state index >= 15 is 4.39 Å². The minimum absolute atomic E-state index is 0.0111. The van der Waals surface area contributed by atoms with Gasteiger partial charge in [0.15, 0.2) is 0 Å². The van der Waals surface area contributed by atoms with Crippen LogP contribution in [-0.4, -0.2) is 0 Å². The molecule has 182 valence electrons. The Morgan fingerprint density at radius 2 is 1.29 bits per heavy atom. The summed E-state index contributed by atoms with van der Waals surface area (Å²) in [6.07, 6.45) is 17.3. The van der Waals surface area contributed by atoms with Crippen molar-refractivity contribution in [1.29, 1.82) is 0 Å². The van der Waals surface area contributed by atoms with Crippen molar-refractivity contribution >= 4 is 5.57 Å². The highest BCUT2D eigenvalue weighted by atomic mass is 19.1. The quantitative estimate of drug-likeness (QED) is 0.418. The minimum atomic E-state index is -0.0111. The molecule has 2 aromatic carbocycles. The predicted octanol–water partition coefficient (Wildman–Crippen LogP) is 10.2. The lowest BCUT2D eigenvalue weighted by molar-refractivity contribution is 0.319. The summed E-state index contributed by atoms with van der Waals surface area (Å²) in [5.74, 6) is 3.66. The van der Waals surface area contributed by atoms with Crippen molar-refractivity contribution in [2.75, 3.05) is 0 Å². The second-order valence-corrected chi connectivity index (χ2v) is 11.7. The standard InChI is InChI=1S/C33H43F/c1-3-24-6-10-25(11-7-24)26-12-14-27(15-13-26)28-16-18-30(19-17-28)32-21-20-31(22-33(32)34)29-8-4-23(2)5-9-29/h12-15,18,20-25,28-29H,3-11,16-17,19H2,1-2H3. The zero-order chi connectivity index (χ0) is 23.5. The maximum Gasteiger partial charge on any atom is 0.130 e. The molecule has 1 atom stereocenters. The minimum Gasteiger partial charge on any atom is -0.206 e. The van der Waals surface area contributed by atoms with Gasteiger partial charge in [0.1, 0.15) is 5.82 Å². The van der Waals surface area contributed by atoms with Crippen LogP contribution in [0.5, 0.6) is 0 Å². The van der Waals surface area contributed by atoms with Crippen molar-refractivity contribution in [3.05, 3.63) is 76.6 Å². The van der Waals surface area contributed by atoms with Gasteiger partial charge in [0.2, 0.25) is 0 Å². The van der Waals surface area contributed by atoms with Crippen LogP contribution in [0.4, 0.5) is 4.39 Å². The van der Waals surface area contributed by atoms with Gasteiger partial charge in [-0.1, -0.05) is 75.6 Å². The molecule has 0 aromatic heterocycles. The highest BCUT2D eigenvalue weighted by Crippen LogP contribution is 2.41. The third-order valence-electron chi connectivity index (χ3n) is 9.54. The average Bonchev–Trinajstić information content (AvgIpc) is 2.89. The summed E-state index contributed by atoms with van der Waals surface area (Å²) in [5, 5.41) is 0. The van der Waals surface area contributed by atoms with Gasteiger partial charge in [-0.2, -0.15) is 0 Å². The van der Waals surface area contributed by atoms with Crippen molar-refractivity contribution in [3.63, 3.8) is 0 Å². The SMILES string of the molecule is CCC1CCC(c2ccc(C3CC=C(c4ccc(C5CCC(C)CC5)cc4F)CC3)cc2)CC1. The molecule has 3 aliphatic carbocycles. The van der Waals surface area contributed by atoms with E-state index in [1.807, 2.05) is 6.07 Å². The van der Waals surface area contributed by atoms with Crippen LogP contribution in [0.25, 0.3) is 5.57 Å². The summed E-state index contributed by atoms with van der Waals surface area (Å²) in [6, 6.07) is 15.7. The van der Waals surface area contributed by atoms with Crippen molar-refractivity contribution in [2.24, 2.45) is 11.8 Å². The Morgan fingerprint density at radius 3 is 1.88 bits per heavy atom. The summed E-state index contributed by atoms with van der Waals surface area (Å²) in [6.45, 7) is 4.68. The predicted molar refractivity (Wildman–Crippen MR) is 143 cm³/mol. The number of rotatable bonds is 5. The molecule has 0 amide bonds. The Labute approximate surface area is 207 Å². The fourth-order valence-electron chi connectivity index (χ4n) is 6.97. The summed E-state index contributed by atoms with van der Waals surface area (Å²) in [4.78, 5) is 0. The molecular formula is C33H43F. The van der Waals surface area contributed by atoms with Gasteiger partial charge in [0, 0.05) is 5.56 Å². The molecule has 5 rings (SSSR count). The molecule has 2 saturated carbocycles. The van der Waals surface area contributed by atoms with Crippen molar-refractivity contribution in [2.45, 2.75) is 109 Å². The van der Waals surface area contributed by atoms with Crippen LogP contribution in [0, 0.1) is 17.7 Å². The van der Waals surface area contributed by atoms with Gasteiger partial charge in [-0.05, 0) is 116 Å². The highest BCUT2D eigenvalue weighted by Gasteiger charge is 2.24. The van der Waals surface area contributed by atoms with E-state index in [-0.39, 0.29) is 5.82 Å². The van der Waals surface area contributed by atoms with E-state index < -0.39 is 0 Å². The van der Waals surface area contributed by atoms with Crippen LogP contribution in [0.1, 0.15) is 131 Å². The summed E-state index contributed by atoms with van der Waals surface area (Å²) in [7, 11) is 0.